The first-order chi connectivity index (χ1) is 6.45. The summed E-state index contributed by atoms with van der Waals surface area (Å²) in [6, 6.07) is 21.4. The van der Waals surface area contributed by atoms with Gasteiger partial charge in [-0.05, 0) is 24.3 Å². The summed E-state index contributed by atoms with van der Waals surface area (Å²) in [7, 11) is 0. The van der Waals surface area contributed by atoms with Crippen molar-refractivity contribution in [2.24, 2.45) is 0 Å². The van der Waals surface area contributed by atoms with E-state index < -0.39 is 0 Å². The Kier molecular flexibility index (Phi) is 5.27. The molecule has 0 radical (unpaired) electrons. The molecule has 0 spiro atoms. The van der Waals surface area contributed by atoms with Crippen molar-refractivity contribution in [3.63, 3.8) is 0 Å². The van der Waals surface area contributed by atoms with E-state index in [1.54, 1.807) is 0 Å². The third kappa shape index (κ3) is 3.47. The van der Waals surface area contributed by atoms with Gasteiger partial charge in [0.2, 0.25) is 0 Å². The van der Waals surface area contributed by atoms with Crippen molar-refractivity contribution >= 4 is 18.0 Å². The molecule has 0 nitrogen and oxygen atoms in total. The van der Waals surface area contributed by atoms with Crippen LogP contribution in [0.3, 0.4) is 0 Å². The van der Waals surface area contributed by atoms with Crippen molar-refractivity contribution in [1.29, 1.82) is 0 Å². The minimum absolute atomic E-state index is 0. The molecule has 0 bridgehead atoms. The van der Waals surface area contributed by atoms with Crippen LogP contribution in [0.5, 0.6) is 0 Å². The third-order valence-electron chi connectivity index (χ3n) is 1.68. The van der Waals surface area contributed by atoms with Gasteiger partial charge in [0.05, 0.1) is 0 Å². The van der Waals surface area contributed by atoms with E-state index in [-0.39, 0.29) is 39.2 Å². The fraction of sp³-hybridized carbons (Fsp3) is 0. The molecule has 2 aromatic rings. The van der Waals surface area contributed by atoms with Crippen molar-refractivity contribution in [3.8, 4) is 0 Å². The molecular weight excluding hydrogens is 346 g/mol. The van der Waals surface area contributed by atoms with E-state index in [9.17, 15) is 0 Å². The summed E-state index contributed by atoms with van der Waals surface area (Å²) in [6.45, 7) is 0. The van der Waals surface area contributed by atoms with Crippen LogP contribution in [0.2, 0.25) is 0 Å². The van der Waals surface area contributed by atoms with Gasteiger partial charge in [0.25, 0.3) is 0 Å². The van der Waals surface area contributed by atoms with E-state index in [1.165, 1.54) is 7.14 Å². The van der Waals surface area contributed by atoms with Crippen molar-refractivity contribution in [3.05, 3.63) is 67.8 Å². The van der Waals surface area contributed by atoms with Gasteiger partial charge in [0, 0.05) is 0 Å². The Morgan fingerprint density at radius 2 is 0.929 bits per heavy atom. The molecule has 0 amide bonds. The zero-order valence-corrected chi connectivity index (χ0v) is 13.0. The third-order valence-corrected chi connectivity index (χ3v) is 4.37. The van der Waals surface area contributed by atoms with Crippen LogP contribution in [0.15, 0.2) is 60.7 Å². The molecule has 0 heterocycles. The largest absolute Gasteiger partial charge is 0.357 e. The van der Waals surface area contributed by atoms with Gasteiger partial charge in [-0.15, -0.1) is 0 Å². The minimum atomic E-state index is 0. The molecule has 0 N–H and O–H groups in total. The first-order valence-electron chi connectivity index (χ1n) is 4.20. The average Bonchev–Trinajstić information content (AvgIpc) is 2.21. The van der Waals surface area contributed by atoms with Crippen molar-refractivity contribution in [2.45, 2.75) is 0 Å². The smallest absolute Gasteiger partial charge is 0.0619 e. The van der Waals surface area contributed by atoms with Gasteiger partial charge in [-0.3, -0.25) is 0 Å². The predicted molar refractivity (Wildman–Crippen MR) is 60.2 cm³/mol. The van der Waals surface area contributed by atoms with E-state index in [2.05, 4.69) is 60.7 Å². The SMILES string of the molecule is [AsH3].c1ccc([I+]c2ccccc2)cc1. The van der Waals surface area contributed by atoms with Gasteiger partial charge in [-0.25, -0.2) is 0 Å². The number of hydrogen-bond acceptors (Lipinski definition) is 0. The molecule has 0 aromatic heterocycles. The minimum Gasteiger partial charge on any atom is -0.0619 e. The van der Waals surface area contributed by atoms with E-state index in [0.717, 1.165) is 0 Å². The monoisotopic (exact) mass is 359 g/mol. The molecule has 2 aromatic carbocycles. The maximum Gasteiger partial charge on any atom is 0.357 e. The molecule has 14 heavy (non-hydrogen) atoms. The quantitative estimate of drug-likeness (QED) is 0.459. The van der Waals surface area contributed by atoms with Crippen LogP contribution in [-0.4, -0.2) is 18.0 Å². The number of benzene rings is 2. The average molecular weight is 359 g/mol. The number of rotatable bonds is 2. The molecule has 0 aliphatic carbocycles. The Balaban J connectivity index is 0.000000980. The predicted octanol–water partition coefficient (Wildman–Crippen LogP) is -1.37. The van der Waals surface area contributed by atoms with E-state index in [1.807, 2.05) is 0 Å². The van der Waals surface area contributed by atoms with E-state index in [4.69, 9.17) is 0 Å². The first-order valence-corrected chi connectivity index (χ1v) is 6.36. The van der Waals surface area contributed by atoms with Gasteiger partial charge in [0.15, 0.2) is 7.14 Å². The second-order valence-corrected chi connectivity index (χ2v) is 5.72. The van der Waals surface area contributed by atoms with Crippen LogP contribution in [0.25, 0.3) is 0 Å². The summed E-state index contributed by atoms with van der Waals surface area (Å²) < 4.78 is 2.96. The second-order valence-electron chi connectivity index (χ2n) is 2.69. The van der Waals surface area contributed by atoms with Gasteiger partial charge >= 0.3 is 39.2 Å². The Labute approximate surface area is 106 Å². The van der Waals surface area contributed by atoms with Gasteiger partial charge in [0.1, 0.15) is 0 Å². The number of halogens is 1. The summed E-state index contributed by atoms with van der Waals surface area (Å²) in [4.78, 5) is 0. The first kappa shape index (κ1) is 11.8. The molecule has 72 valence electrons. The fourth-order valence-corrected chi connectivity index (χ4v) is 3.35. The van der Waals surface area contributed by atoms with Crippen LogP contribution in [-0.2, 0) is 0 Å². The standard InChI is InChI=1S/C12H10I.AsH3/c1-3-7-11(8-4-1)13-12-9-5-2-6-10-12;/h1-10H;1H3/q+1;. The van der Waals surface area contributed by atoms with Crippen LogP contribution < -0.4 is 21.2 Å². The Hall–Kier alpha value is -0.272. The summed E-state index contributed by atoms with van der Waals surface area (Å²) >= 11 is 0.0287. The molecule has 0 saturated heterocycles. The summed E-state index contributed by atoms with van der Waals surface area (Å²) in [5.74, 6) is 0. The molecule has 0 fully saturated rings. The molecule has 0 aliphatic heterocycles. The zero-order chi connectivity index (χ0) is 8.93. The molecule has 0 aliphatic rings. The normalized spacial score (nSPS) is 9.14. The second kappa shape index (κ2) is 6.26. The van der Waals surface area contributed by atoms with Crippen LogP contribution in [0, 0.1) is 7.14 Å². The Bertz CT molecular complexity index is 321. The summed E-state index contributed by atoms with van der Waals surface area (Å²) in [5, 5.41) is 0. The van der Waals surface area contributed by atoms with E-state index >= 15 is 0 Å². The van der Waals surface area contributed by atoms with Gasteiger partial charge in [-0.1, -0.05) is 36.4 Å². The fourth-order valence-electron chi connectivity index (χ4n) is 1.08. The molecule has 2 heteroatoms. The Morgan fingerprint density at radius 1 is 0.571 bits per heavy atom. The molecule has 1 unspecified atom stereocenters. The van der Waals surface area contributed by atoms with Gasteiger partial charge in [-0.2, -0.15) is 0 Å². The molecular formula is C12H13AsI+. The molecule has 0 saturated carbocycles. The van der Waals surface area contributed by atoms with Crippen molar-refractivity contribution in [2.75, 3.05) is 0 Å². The summed E-state index contributed by atoms with van der Waals surface area (Å²) in [5.41, 5.74) is 0. The molecule has 1 atom stereocenters. The number of hydrogen-bond donors (Lipinski definition) is 0. The van der Waals surface area contributed by atoms with E-state index in [0.29, 0.717) is 0 Å². The zero-order valence-electron chi connectivity index (χ0n) is 7.86. The van der Waals surface area contributed by atoms with Crippen molar-refractivity contribution < 1.29 is 21.2 Å². The molecule has 2 rings (SSSR count). The van der Waals surface area contributed by atoms with Gasteiger partial charge < -0.3 is 0 Å². The topological polar surface area (TPSA) is 0 Å². The van der Waals surface area contributed by atoms with Crippen LogP contribution >= 0.6 is 0 Å². The maximum absolute atomic E-state index is 2.21. The van der Waals surface area contributed by atoms with Crippen molar-refractivity contribution in [1.82, 2.24) is 0 Å². The van der Waals surface area contributed by atoms with Crippen LogP contribution in [0.4, 0.5) is 0 Å². The maximum atomic E-state index is 2.21. The Morgan fingerprint density at radius 3 is 1.29 bits per heavy atom. The van der Waals surface area contributed by atoms with Crippen LogP contribution in [0.1, 0.15) is 0 Å². The summed E-state index contributed by atoms with van der Waals surface area (Å²) in [6.07, 6.45) is 0.